The van der Waals surface area contributed by atoms with Gasteiger partial charge in [-0.25, -0.2) is 0 Å². The second-order valence-electron chi connectivity index (χ2n) is 14.3. The monoisotopic (exact) mass is 609 g/mol. The minimum Gasteiger partial charge on any atom is -0.310 e. The second kappa shape index (κ2) is 10.6. The zero-order valence-corrected chi connectivity index (χ0v) is 28.3. The van der Waals surface area contributed by atoms with Crippen LogP contribution in [0, 0.1) is 0 Å². The van der Waals surface area contributed by atoms with Crippen molar-refractivity contribution in [3.8, 4) is 22.3 Å². The Morgan fingerprint density at radius 3 is 1.76 bits per heavy atom. The van der Waals surface area contributed by atoms with E-state index >= 15 is 0 Å². The van der Waals surface area contributed by atoms with Gasteiger partial charge in [0.05, 0.1) is 13.8 Å². The van der Waals surface area contributed by atoms with Crippen LogP contribution >= 0.6 is 0 Å². The minimum atomic E-state index is -1.34. The Morgan fingerprint density at radius 1 is 0.478 bits per heavy atom. The molecule has 0 fully saturated rings. The number of rotatable bonds is 5. The summed E-state index contributed by atoms with van der Waals surface area (Å²) in [5.74, 6) is 0. The summed E-state index contributed by atoms with van der Waals surface area (Å²) in [4.78, 5) is 2.46. The third kappa shape index (κ3) is 4.59. The van der Waals surface area contributed by atoms with Crippen molar-refractivity contribution in [3.63, 3.8) is 0 Å². The molecule has 1 nitrogen and oxygen atoms in total. The summed E-state index contributed by atoms with van der Waals surface area (Å²) in [5, 5.41) is 6.53. The maximum absolute atomic E-state index is 2.46. The number of nitrogens with zero attached hydrogens (tertiary/aromatic N) is 1. The summed E-state index contributed by atoms with van der Waals surface area (Å²) in [6.45, 7) is 11.9. The fourth-order valence-electron chi connectivity index (χ4n) is 7.44. The van der Waals surface area contributed by atoms with E-state index in [1.54, 1.807) is 0 Å². The molecule has 8 rings (SSSR count). The second-order valence-corrected chi connectivity index (χ2v) is 19.3. The first-order valence-corrected chi connectivity index (χ1v) is 19.9. The molecule has 0 spiro atoms. The van der Waals surface area contributed by atoms with Gasteiger partial charge in [0.15, 0.2) is 0 Å². The predicted molar refractivity (Wildman–Crippen MR) is 202 cm³/mol. The summed E-state index contributed by atoms with van der Waals surface area (Å²) in [6.07, 6.45) is 0. The van der Waals surface area contributed by atoms with E-state index in [1.165, 1.54) is 71.5 Å². The molecule has 0 atom stereocenters. The van der Waals surface area contributed by atoms with E-state index in [0.717, 1.165) is 5.69 Å². The molecule has 0 saturated heterocycles. The van der Waals surface area contributed by atoms with Crippen LogP contribution in [0.1, 0.15) is 25.0 Å². The topological polar surface area (TPSA) is 3.24 Å². The fraction of sp³-hybridized carbons (Fsp3) is 0.136. The van der Waals surface area contributed by atoms with E-state index in [4.69, 9.17) is 0 Å². The van der Waals surface area contributed by atoms with Crippen LogP contribution in [0.25, 0.3) is 43.8 Å². The number of hydrogen-bond acceptors (Lipinski definition) is 1. The van der Waals surface area contributed by atoms with E-state index in [9.17, 15) is 0 Å². The summed E-state index contributed by atoms with van der Waals surface area (Å²) in [7, 11) is -1.34. The largest absolute Gasteiger partial charge is 0.310 e. The molecule has 0 aliphatic heterocycles. The Balaban J connectivity index is 1.32. The predicted octanol–water partition coefficient (Wildman–Crippen LogP) is 12.0. The fourth-order valence-corrected chi connectivity index (χ4v) is 8.61. The normalized spacial score (nSPS) is 13.5. The molecular formula is C44H39NSi. The highest BCUT2D eigenvalue weighted by molar-refractivity contribution is 6.88. The average molecular weight is 610 g/mol. The number of anilines is 3. The molecule has 1 aliphatic carbocycles. The van der Waals surface area contributed by atoms with Crippen molar-refractivity contribution in [3.05, 3.63) is 157 Å². The molecule has 7 aromatic carbocycles. The molecule has 0 bridgehead atoms. The maximum atomic E-state index is 2.46. The Bertz CT molecular complexity index is 2250. The molecule has 224 valence electrons. The Morgan fingerprint density at radius 2 is 1.04 bits per heavy atom. The molecule has 0 saturated carbocycles. The minimum absolute atomic E-state index is 0.0784. The van der Waals surface area contributed by atoms with Gasteiger partial charge in [0.25, 0.3) is 0 Å². The highest BCUT2D eigenvalue weighted by atomic mass is 28.3. The third-order valence-corrected chi connectivity index (χ3v) is 12.1. The van der Waals surface area contributed by atoms with E-state index in [1.807, 2.05) is 0 Å². The number of benzene rings is 7. The van der Waals surface area contributed by atoms with Gasteiger partial charge in [-0.05, 0) is 79.9 Å². The molecular weight excluding hydrogens is 571 g/mol. The van der Waals surface area contributed by atoms with Crippen LogP contribution in [0.15, 0.2) is 146 Å². The molecule has 0 aromatic heterocycles. The standard InChI is InChI=1S/C44H39NSi/c1-44(2)41-17-11-10-15-38(41)39-27-24-34(29-42(39)44)45(43-28-32-12-6-7-13-36(32)37-14-8-9-16-40(37)43)33-22-18-30(19-23-33)31-20-25-35(26-21-31)46(3,4)5/h6-29H,1-5H3. The summed E-state index contributed by atoms with van der Waals surface area (Å²) in [6, 6.07) is 54.3. The Hall–Kier alpha value is -4.92. The van der Waals surface area contributed by atoms with Gasteiger partial charge in [0, 0.05) is 22.2 Å². The van der Waals surface area contributed by atoms with Crippen molar-refractivity contribution in [1.29, 1.82) is 0 Å². The van der Waals surface area contributed by atoms with Gasteiger partial charge in [-0.3, -0.25) is 0 Å². The zero-order valence-electron chi connectivity index (χ0n) is 27.3. The van der Waals surface area contributed by atoms with Crippen molar-refractivity contribution in [2.75, 3.05) is 4.90 Å². The Kier molecular flexibility index (Phi) is 6.56. The molecule has 0 radical (unpaired) electrons. The number of fused-ring (bicyclic) bond motifs is 6. The smallest absolute Gasteiger partial charge is 0.0775 e. The van der Waals surface area contributed by atoms with Gasteiger partial charge >= 0.3 is 0 Å². The number of hydrogen-bond donors (Lipinski definition) is 0. The maximum Gasteiger partial charge on any atom is 0.0775 e. The highest BCUT2D eigenvalue weighted by Crippen LogP contribution is 2.51. The molecule has 0 heterocycles. The van der Waals surface area contributed by atoms with Crippen LogP contribution < -0.4 is 10.1 Å². The lowest BCUT2D eigenvalue weighted by atomic mass is 9.82. The quantitative estimate of drug-likeness (QED) is 0.139. The first-order valence-electron chi connectivity index (χ1n) is 16.4. The molecule has 0 N–H and O–H groups in total. The molecule has 2 heteroatoms. The van der Waals surface area contributed by atoms with Gasteiger partial charge in [-0.1, -0.05) is 154 Å². The summed E-state index contributed by atoms with van der Waals surface area (Å²) >= 11 is 0. The van der Waals surface area contributed by atoms with Crippen LogP contribution in [-0.2, 0) is 5.41 Å². The van der Waals surface area contributed by atoms with Gasteiger partial charge in [0.1, 0.15) is 0 Å². The molecule has 46 heavy (non-hydrogen) atoms. The average Bonchev–Trinajstić information content (AvgIpc) is 3.31. The first-order chi connectivity index (χ1) is 22.2. The van der Waals surface area contributed by atoms with E-state index < -0.39 is 8.07 Å². The third-order valence-electron chi connectivity index (χ3n) is 10.0. The van der Waals surface area contributed by atoms with Crippen molar-refractivity contribution < 1.29 is 0 Å². The van der Waals surface area contributed by atoms with Crippen molar-refractivity contribution in [2.24, 2.45) is 0 Å². The van der Waals surface area contributed by atoms with Crippen LogP contribution in [0.2, 0.25) is 19.6 Å². The zero-order chi connectivity index (χ0) is 31.6. The lowest BCUT2D eigenvalue weighted by Gasteiger charge is -2.29. The van der Waals surface area contributed by atoms with Crippen LogP contribution in [0.3, 0.4) is 0 Å². The van der Waals surface area contributed by atoms with E-state index in [-0.39, 0.29) is 5.41 Å². The first kappa shape index (κ1) is 28.5. The lowest BCUT2D eigenvalue weighted by Crippen LogP contribution is -2.37. The Labute approximate surface area is 273 Å². The summed E-state index contributed by atoms with van der Waals surface area (Å²) in [5.41, 5.74) is 11.4. The molecule has 0 amide bonds. The summed E-state index contributed by atoms with van der Waals surface area (Å²) < 4.78 is 0. The SMILES string of the molecule is CC1(C)c2ccccc2-c2ccc(N(c3ccc(-c4ccc([Si](C)(C)C)cc4)cc3)c3cc4ccccc4c4ccccc34)cc21. The van der Waals surface area contributed by atoms with Gasteiger partial charge in [0.2, 0.25) is 0 Å². The van der Waals surface area contributed by atoms with Gasteiger partial charge in [-0.15, -0.1) is 0 Å². The van der Waals surface area contributed by atoms with Crippen molar-refractivity contribution in [1.82, 2.24) is 0 Å². The molecule has 1 aliphatic rings. The molecule has 7 aromatic rings. The van der Waals surface area contributed by atoms with Crippen LogP contribution in [-0.4, -0.2) is 8.07 Å². The van der Waals surface area contributed by atoms with E-state index in [2.05, 4.69) is 184 Å². The van der Waals surface area contributed by atoms with E-state index in [0.29, 0.717) is 0 Å². The lowest BCUT2D eigenvalue weighted by molar-refractivity contribution is 0.660. The highest BCUT2D eigenvalue weighted by Gasteiger charge is 2.35. The van der Waals surface area contributed by atoms with Gasteiger partial charge < -0.3 is 4.90 Å². The van der Waals surface area contributed by atoms with Crippen molar-refractivity contribution in [2.45, 2.75) is 38.9 Å². The van der Waals surface area contributed by atoms with Crippen LogP contribution in [0.5, 0.6) is 0 Å². The molecule has 0 unspecified atom stereocenters. The van der Waals surface area contributed by atoms with Gasteiger partial charge in [-0.2, -0.15) is 0 Å². The van der Waals surface area contributed by atoms with Crippen molar-refractivity contribution >= 4 is 51.9 Å². The van der Waals surface area contributed by atoms with Crippen LogP contribution in [0.4, 0.5) is 17.1 Å².